The van der Waals surface area contributed by atoms with Crippen LogP contribution in [0.1, 0.15) is 11.7 Å². The third-order valence-electron chi connectivity index (χ3n) is 5.21. The number of nitrogens with zero attached hydrogens (tertiary/aromatic N) is 1. The van der Waals surface area contributed by atoms with Crippen molar-refractivity contribution in [1.82, 2.24) is 15.5 Å². The number of methoxy groups -OCH3 is 1. The Bertz CT molecular complexity index is 1410. The Morgan fingerprint density at radius 3 is 2.74 bits per heavy atom. The van der Waals surface area contributed by atoms with Gasteiger partial charge in [-0.1, -0.05) is 29.8 Å². The van der Waals surface area contributed by atoms with Gasteiger partial charge >= 0.3 is 0 Å². The Morgan fingerprint density at radius 2 is 1.94 bits per heavy atom. The maximum absolute atomic E-state index is 12.6. The van der Waals surface area contributed by atoms with E-state index in [1.807, 2.05) is 18.2 Å². The van der Waals surface area contributed by atoms with E-state index in [4.69, 9.17) is 21.1 Å². The van der Waals surface area contributed by atoms with Crippen molar-refractivity contribution in [3.8, 4) is 11.6 Å². The number of aromatic nitrogens is 2. The zero-order valence-corrected chi connectivity index (χ0v) is 20.4. The molecule has 0 radical (unpaired) electrons. The molecule has 0 unspecified atom stereocenters. The number of H-pyrrole nitrogens is 1. The van der Waals surface area contributed by atoms with Gasteiger partial charge in [0.2, 0.25) is 5.88 Å². The van der Waals surface area contributed by atoms with Gasteiger partial charge in [0.15, 0.2) is 0 Å². The molecule has 3 aromatic carbocycles. The van der Waals surface area contributed by atoms with Crippen molar-refractivity contribution in [1.29, 1.82) is 0 Å². The number of hydrogen-bond acceptors (Lipinski definition) is 7. The average Bonchev–Trinajstić information content (AvgIpc) is 3.26. The second-order valence-electron chi connectivity index (χ2n) is 7.70. The fourth-order valence-electron chi connectivity index (χ4n) is 3.47. The molecule has 0 saturated carbocycles. The lowest BCUT2D eigenvalue weighted by atomic mass is 10.1. The van der Waals surface area contributed by atoms with Crippen molar-refractivity contribution < 1.29 is 23.0 Å². The minimum Gasteiger partial charge on any atom is -0.492 e. The molecule has 9 nitrogen and oxygen atoms in total. The number of aliphatic hydroxyl groups is 1. The van der Waals surface area contributed by atoms with Crippen molar-refractivity contribution in [3.63, 3.8) is 0 Å². The predicted molar refractivity (Wildman–Crippen MR) is 135 cm³/mol. The van der Waals surface area contributed by atoms with E-state index < -0.39 is 16.1 Å². The van der Waals surface area contributed by atoms with Gasteiger partial charge in [-0.2, -0.15) is 0 Å². The molecule has 4 aromatic rings. The van der Waals surface area contributed by atoms with Gasteiger partial charge in [-0.25, -0.2) is 8.42 Å². The van der Waals surface area contributed by atoms with Crippen LogP contribution in [0.4, 0.5) is 5.69 Å². The number of halogens is 1. The smallest absolute Gasteiger partial charge is 0.261 e. The third kappa shape index (κ3) is 6.23. The van der Waals surface area contributed by atoms with Crippen molar-refractivity contribution in [2.24, 2.45) is 0 Å². The number of nitrogens with one attached hydrogen (secondary N) is 3. The molecule has 1 atom stereocenters. The normalized spacial score (nSPS) is 12.4. The number of hydrogen-bond donors (Lipinski definition) is 4. The number of benzene rings is 3. The van der Waals surface area contributed by atoms with Crippen LogP contribution in [0.15, 0.2) is 71.6 Å². The highest BCUT2D eigenvalue weighted by molar-refractivity contribution is 7.92. The molecule has 0 amide bonds. The van der Waals surface area contributed by atoms with E-state index in [2.05, 4.69) is 20.2 Å². The Labute approximate surface area is 208 Å². The highest BCUT2D eigenvalue weighted by Crippen LogP contribution is 2.26. The molecular formula is C24H25ClN4O5S. The zero-order valence-electron chi connectivity index (χ0n) is 18.9. The van der Waals surface area contributed by atoms with E-state index in [0.29, 0.717) is 41.1 Å². The van der Waals surface area contributed by atoms with Gasteiger partial charge < -0.3 is 19.9 Å². The van der Waals surface area contributed by atoms with Crippen molar-refractivity contribution >= 4 is 38.2 Å². The molecule has 0 saturated heterocycles. The van der Waals surface area contributed by atoms with Gasteiger partial charge in [-0.15, -0.1) is 5.10 Å². The summed E-state index contributed by atoms with van der Waals surface area (Å²) in [5.74, 6) is 1.22. The van der Waals surface area contributed by atoms with Gasteiger partial charge in [0.25, 0.3) is 10.0 Å². The number of aromatic amines is 1. The van der Waals surface area contributed by atoms with E-state index in [-0.39, 0.29) is 11.4 Å². The molecule has 1 aromatic heterocycles. The lowest BCUT2D eigenvalue weighted by Gasteiger charge is -2.15. The lowest BCUT2D eigenvalue weighted by Crippen LogP contribution is -2.26. The topological polar surface area (TPSA) is 126 Å². The Morgan fingerprint density at radius 1 is 1.11 bits per heavy atom. The number of ether oxygens (including phenoxy) is 2. The first-order valence-electron chi connectivity index (χ1n) is 10.8. The fraction of sp³-hybridized carbons (Fsp3) is 0.208. The van der Waals surface area contributed by atoms with Crippen LogP contribution in [-0.4, -0.2) is 50.5 Å². The third-order valence-corrected chi connectivity index (χ3v) is 6.82. The zero-order chi connectivity index (χ0) is 24.8. The molecule has 0 aliphatic heterocycles. The summed E-state index contributed by atoms with van der Waals surface area (Å²) < 4.78 is 38.7. The van der Waals surface area contributed by atoms with Crippen LogP contribution >= 0.6 is 11.6 Å². The molecule has 4 N–H and O–H groups in total. The summed E-state index contributed by atoms with van der Waals surface area (Å²) in [5.41, 5.74) is 1.73. The summed E-state index contributed by atoms with van der Waals surface area (Å²) >= 11 is 5.91. The number of fused-ring (bicyclic) bond motifs is 1. The molecule has 0 fully saturated rings. The van der Waals surface area contributed by atoms with Crippen LogP contribution in [0.3, 0.4) is 0 Å². The van der Waals surface area contributed by atoms with Crippen LogP contribution in [0.5, 0.6) is 11.6 Å². The van der Waals surface area contributed by atoms with Gasteiger partial charge in [0, 0.05) is 29.9 Å². The minimum atomic E-state index is -3.80. The Balaban J connectivity index is 1.27. The highest BCUT2D eigenvalue weighted by atomic mass is 35.5. The van der Waals surface area contributed by atoms with Crippen molar-refractivity contribution in [3.05, 3.63) is 77.3 Å². The van der Waals surface area contributed by atoms with Gasteiger partial charge in [-0.05, 0) is 48.0 Å². The first kappa shape index (κ1) is 24.8. The summed E-state index contributed by atoms with van der Waals surface area (Å²) in [5, 5.41) is 21.8. The van der Waals surface area contributed by atoms with Gasteiger partial charge in [-0.3, -0.25) is 9.82 Å². The summed E-state index contributed by atoms with van der Waals surface area (Å²) in [6, 6.07) is 18.2. The maximum atomic E-state index is 12.6. The average molecular weight is 517 g/mol. The minimum absolute atomic E-state index is 0.0587. The van der Waals surface area contributed by atoms with Crippen LogP contribution in [-0.2, 0) is 10.0 Å². The highest BCUT2D eigenvalue weighted by Gasteiger charge is 2.16. The summed E-state index contributed by atoms with van der Waals surface area (Å²) in [4.78, 5) is 0.0587. The van der Waals surface area contributed by atoms with E-state index in [1.165, 1.54) is 12.1 Å². The molecule has 0 bridgehead atoms. The molecule has 4 rings (SSSR count). The quantitative estimate of drug-likeness (QED) is 0.224. The van der Waals surface area contributed by atoms with Crippen molar-refractivity contribution in [2.75, 3.05) is 31.5 Å². The van der Waals surface area contributed by atoms with Gasteiger partial charge in [0.05, 0.1) is 29.0 Å². The summed E-state index contributed by atoms with van der Waals surface area (Å²) in [7, 11) is -2.24. The summed E-state index contributed by atoms with van der Waals surface area (Å²) in [6.45, 7) is 1.16. The van der Waals surface area contributed by atoms with E-state index in [0.717, 1.165) is 10.9 Å². The molecule has 1 heterocycles. The van der Waals surface area contributed by atoms with Crippen molar-refractivity contribution in [2.45, 2.75) is 11.0 Å². The number of sulfonamides is 1. The number of aliphatic hydroxyl groups excluding tert-OH is 1. The fourth-order valence-corrected chi connectivity index (χ4v) is 4.82. The molecule has 11 heteroatoms. The first-order valence-corrected chi connectivity index (χ1v) is 12.6. The molecule has 35 heavy (non-hydrogen) atoms. The number of anilines is 1. The standard InChI is InChI=1S/C24H25ClN4O5S/c1-33-24-21-9-8-19(14-22(21)27-28-24)34-11-10-26-15-23(30)16-4-2-6-18(12-16)29-35(31,32)20-7-3-5-17(25)13-20/h2-9,12-14,23,26,29-30H,10-11,15H2,1H3,(H,27,28)/t23-/m0/s1. The molecular weight excluding hydrogens is 492 g/mol. The van der Waals surface area contributed by atoms with Crippen LogP contribution in [0.25, 0.3) is 10.9 Å². The predicted octanol–water partition coefficient (Wildman–Crippen LogP) is 3.73. The number of rotatable bonds is 11. The van der Waals surface area contributed by atoms with Crippen LogP contribution < -0.4 is 19.5 Å². The Hall–Kier alpha value is -3.31. The largest absolute Gasteiger partial charge is 0.492 e. The summed E-state index contributed by atoms with van der Waals surface area (Å²) in [6.07, 6.45) is -0.834. The second kappa shape index (κ2) is 11.0. The van der Waals surface area contributed by atoms with Crippen LogP contribution in [0.2, 0.25) is 5.02 Å². The molecule has 0 aliphatic rings. The van der Waals surface area contributed by atoms with E-state index >= 15 is 0 Å². The maximum Gasteiger partial charge on any atom is 0.261 e. The molecule has 0 spiro atoms. The Kier molecular flexibility index (Phi) is 7.76. The first-order chi connectivity index (χ1) is 16.9. The van der Waals surface area contributed by atoms with Crippen LogP contribution in [0, 0.1) is 0 Å². The molecule has 184 valence electrons. The van der Waals surface area contributed by atoms with E-state index in [1.54, 1.807) is 43.5 Å². The molecule has 0 aliphatic carbocycles. The SMILES string of the molecule is COc1n[nH]c2cc(OCCNC[C@H](O)c3cccc(NS(=O)(=O)c4cccc(Cl)c4)c3)ccc12. The second-order valence-corrected chi connectivity index (χ2v) is 9.82. The lowest BCUT2D eigenvalue weighted by molar-refractivity contribution is 0.172. The monoisotopic (exact) mass is 516 g/mol. The van der Waals surface area contributed by atoms with Gasteiger partial charge in [0.1, 0.15) is 12.4 Å². The van der Waals surface area contributed by atoms with E-state index in [9.17, 15) is 13.5 Å².